The quantitative estimate of drug-likeness (QED) is 0.745. The molecular formula is C16H13N3O2S. The minimum absolute atomic E-state index is 0.593. The molecule has 3 aromatic rings. The molecule has 0 aliphatic rings. The average molecular weight is 311 g/mol. The molecule has 2 aromatic heterocycles. The predicted molar refractivity (Wildman–Crippen MR) is 85.7 cm³/mol. The van der Waals surface area contributed by atoms with Crippen LogP contribution in [0.3, 0.4) is 0 Å². The molecule has 0 spiro atoms. The maximum absolute atomic E-state index is 11.1. The summed E-state index contributed by atoms with van der Waals surface area (Å²) >= 11 is 1.18. The number of thioether (sulfide) groups is 1. The lowest BCUT2D eigenvalue weighted by atomic mass is 10.1. The van der Waals surface area contributed by atoms with Crippen LogP contribution in [0.5, 0.6) is 0 Å². The summed E-state index contributed by atoms with van der Waals surface area (Å²) in [6.07, 6.45) is 6.70. The Morgan fingerprint density at radius 2 is 1.95 bits per heavy atom. The average Bonchev–Trinajstić information content (AvgIpc) is 2.55. The number of aliphatic carboxylic acids is 1. The highest BCUT2D eigenvalue weighted by Crippen LogP contribution is 2.33. The van der Waals surface area contributed by atoms with Crippen LogP contribution in [0.2, 0.25) is 0 Å². The number of nitrogens with zero attached hydrogens (tertiary/aromatic N) is 3. The minimum Gasteiger partial charge on any atom is -0.480 e. The van der Waals surface area contributed by atoms with Crippen molar-refractivity contribution >= 4 is 28.5 Å². The second-order valence-electron chi connectivity index (χ2n) is 4.72. The highest BCUT2D eigenvalue weighted by atomic mass is 32.2. The Labute approximate surface area is 131 Å². The third kappa shape index (κ3) is 2.78. The van der Waals surface area contributed by atoms with E-state index in [4.69, 9.17) is 5.11 Å². The Bertz CT molecular complexity index is 833. The van der Waals surface area contributed by atoms with Crippen molar-refractivity contribution in [3.05, 3.63) is 49.1 Å². The first-order valence-corrected chi connectivity index (χ1v) is 7.58. The zero-order valence-electron chi connectivity index (χ0n) is 11.8. The number of benzene rings is 1. The Hall–Kier alpha value is -2.47. The first-order chi connectivity index (χ1) is 10.7. The number of carboxylic acid groups (broad SMARTS) is 1. The molecule has 22 heavy (non-hydrogen) atoms. The van der Waals surface area contributed by atoms with Crippen molar-refractivity contribution in [3.8, 4) is 11.3 Å². The molecule has 0 saturated carbocycles. The first-order valence-electron chi connectivity index (χ1n) is 6.70. The predicted octanol–water partition coefficient (Wildman–Crippen LogP) is 3.26. The van der Waals surface area contributed by atoms with Crippen LogP contribution >= 0.6 is 11.8 Å². The van der Waals surface area contributed by atoms with Gasteiger partial charge in [-0.25, -0.2) is 4.98 Å². The van der Waals surface area contributed by atoms with Crippen LogP contribution in [0, 0.1) is 0 Å². The van der Waals surface area contributed by atoms with Crippen LogP contribution < -0.4 is 0 Å². The largest absolute Gasteiger partial charge is 0.480 e. The molecule has 0 bridgehead atoms. The number of hydrogen-bond acceptors (Lipinski definition) is 5. The summed E-state index contributed by atoms with van der Waals surface area (Å²) in [4.78, 5) is 24.0. The van der Waals surface area contributed by atoms with Gasteiger partial charge < -0.3 is 5.11 Å². The van der Waals surface area contributed by atoms with Crippen molar-refractivity contribution in [2.75, 3.05) is 0 Å². The summed E-state index contributed by atoms with van der Waals surface area (Å²) in [6, 6.07) is 7.88. The number of rotatable bonds is 4. The molecule has 0 amide bonds. The molecule has 1 N–H and O–H groups in total. The van der Waals surface area contributed by atoms with Crippen molar-refractivity contribution in [3.63, 3.8) is 0 Å². The molecule has 1 unspecified atom stereocenters. The van der Waals surface area contributed by atoms with Gasteiger partial charge in [0.05, 0.1) is 0 Å². The molecular weight excluding hydrogens is 298 g/mol. The summed E-state index contributed by atoms with van der Waals surface area (Å²) in [5.41, 5.74) is 1.51. The molecule has 6 heteroatoms. The minimum atomic E-state index is -0.877. The SMILES string of the molecule is CC(Sc1nccnc1-c1cncc2ccccc12)C(=O)O. The number of fused-ring (bicyclic) bond motifs is 1. The fourth-order valence-corrected chi connectivity index (χ4v) is 2.95. The van der Waals surface area contributed by atoms with Crippen molar-refractivity contribution in [1.29, 1.82) is 0 Å². The number of carboxylic acids is 1. The second kappa shape index (κ2) is 6.11. The lowest BCUT2D eigenvalue weighted by Crippen LogP contribution is -2.12. The number of carbonyl (C=O) groups is 1. The van der Waals surface area contributed by atoms with Crippen molar-refractivity contribution in [2.45, 2.75) is 17.2 Å². The number of aromatic nitrogens is 3. The van der Waals surface area contributed by atoms with Gasteiger partial charge in [0.25, 0.3) is 0 Å². The third-order valence-corrected chi connectivity index (χ3v) is 4.30. The van der Waals surface area contributed by atoms with E-state index >= 15 is 0 Å². The highest BCUT2D eigenvalue weighted by Gasteiger charge is 2.18. The zero-order chi connectivity index (χ0) is 15.5. The first kappa shape index (κ1) is 14.5. The van der Waals surface area contributed by atoms with Gasteiger partial charge in [0.15, 0.2) is 0 Å². The van der Waals surface area contributed by atoms with Gasteiger partial charge >= 0.3 is 5.97 Å². The van der Waals surface area contributed by atoms with Gasteiger partial charge in [0.2, 0.25) is 0 Å². The Kier molecular flexibility index (Phi) is 4.02. The van der Waals surface area contributed by atoms with Crippen LogP contribution in [0.15, 0.2) is 54.1 Å². The second-order valence-corrected chi connectivity index (χ2v) is 6.05. The van der Waals surface area contributed by atoms with Gasteiger partial charge in [-0.15, -0.1) is 0 Å². The molecule has 1 aromatic carbocycles. The monoisotopic (exact) mass is 311 g/mol. The van der Waals surface area contributed by atoms with Crippen LogP contribution in [0.25, 0.3) is 22.0 Å². The molecule has 1 atom stereocenters. The Balaban J connectivity index is 2.13. The van der Waals surface area contributed by atoms with Crippen molar-refractivity contribution < 1.29 is 9.90 Å². The number of hydrogen-bond donors (Lipinski definition) is 1. The van der Waals surface area contributed by atoms with Crippen LogP contribution in [0.4, 0.5) is 0 Å². The van der Waals surface area contributed by atoms with E-state index in [0.717, 1.165) is 16.3 Å². The Morgan fingerprint density at radius 3 is 2.77 bits per heavy atom. The van der Waals surface area contributed by atoms with E-state index in [9.17, 15) is 4.79 Å². The van der Waals surface area contributed by atoms with Crippen LogP contribution in [0.1, 0.15) is 6.92 Å². The summed E-state index contributed by atoms with van der Waals surface area (Å²) in [6.45, 7) is 1.63. The lowest BCUT2D eigenvalue weighted by Gasteiger charge is -2.11. The van der Waals surface area contributed by atoms with E-state index in [-0.39, 0.29) is 0 Å². The molecule has 0 aliphatic heterocycles. The van der Waals surface area contributed by atoms with E-state index in [2.05, 4.69) is 15.0 Å². The van der Waals surface area contributed by atoms with Gasteiger partial charge in [-0.2, -0.15) is 0 Å². The van der Waals surface area contributed by atoms with Crippen LogP contribution in [-0.2, 0) is 4.79 Å². The molecule has 3 rings (SSSR count). The maximum Gasteiger partial charge on any atom is 0.316 e. The Morgan fingerprint density at radius 1 is 1.18 bits per heavy atom. The fraction of sp³-hybridized carbons (Fsp3) is 0.125. The molecule has 0 saturated heterocycles. The zero-order valence-corrected chi connectivity index (χ0v) is 12.6. The summed E-state index contributed by atoms with van der Waals surface area (Å²) in [5, 5.41) is 11.1. The van der Waals surface area contributed by atoms with E-state index in [0.29, 0.717) is 10.7 Å². The molecule has 5 nitrogen and oxygen atoms in total. The third-order valence-electron chi connectivity index (χ3n) is 3.22. The summed E-state index contributed by atoms with van der Waals surface area (Å²) < 4.78 is 0. The fourth-order valence-electron chi connectivity index (χ4n) is 2.12. The van der Waals surface area contributed by atoms with Gasteiger partial charge in [0, 0.05) is 35.7 Å². The standard InChI is InChI=1S/C16H13N3O2S/c1-10(16(20)21)22-15-14(18-6-7-19-15)13-9-17-8-11-4-2-3-5-12(11)13/h2-10H,1H3,(H,20,21). The molecule has 0 radical (unpaired) electrons. The molecule has 0 fully saturated rings. The van der Waals surface area contributed by atoms with E-state index < -0.39 is 11.2 Å². The van der Waals surface area contributed by atoms with Crippen LogP contribution in [-0.4, -0.2) is 31.3 Å². The number of pyridine rings is 1. The van der Waals surface area contributed by atoms with Crippen molar-refractivity contribution in [2.24, 2.45) is 0 Å². The lowest BCUT2D eigenvalue weighted by molar-refractivity contribution is -0.136. The topological polar surface area (TPSA) is 76.0 Å². The summed E-state index contributed by atoms with van der Waals surface area (Å²) in [7, 11) is 0. The van der Waals surface area contributed by atoms with Gasteiger partial charge in [-0.1, -0.05) is 36.0 Å². The highest BCUT2D eigenvalue weighted by molar-refractivity contribution is 8.00. The van der Waals surface area contributed by atoms with Gasteiger partial charge in [-0.3, -0.25) is 14.8 Å². The smallest absolute Gasteiger partial charge is 0.316 e. The molecule has 2 heterocycles. The summed E-state index contributed by atoms with van der Waals surface area (Å²) in [5.74, 6) is -0.877. The van der Waals surface area contributed by atoms with Gasteiger partial charge in [-0.05, 0) is 12.3 Å². The van der Waals surface area contributed by atoms with Gasteiger partial charge in [0.1, 0.15) is 16.0 Å². The van der Waals surface area contributed by atoms with Crippen molar-refractivity contribution in [1.82, 2.24) is 15.0 Å². The van der Waals surface area contributed by atoms with E-state index in [1.807, 2.05) is 24.3 Å². The van der Waals surface area contributed by atoms with E-state index in [1.54, 1.807) is 31.7 Å². The normalized spacial score (nSPS) is 12.2. The maximum atomic E-state index is 11.1. The molecule has 110 valence electrons. The van der Waals surface area contributed by atoms with E-state index in [1.165, 1.54) is 11.8 Å². The molecule has 0 aliphatic carbocycles.